The summed E-state index contributed by atoms with van der Waals surface area (Å²) < 4.78 is 58.6. The van der Waals surface area contributed by atoms with Gasteiger partial charge in [-0.1, -0.05) is 24.3 Å². The van der Waals surface area contributed by atoms with Crippen LogP contribution in [0.25, 0.3) is 0 Å². The molecule has 0 aliphatic heterocycles. The number of para-hydroxylation sites is 1. The Morgan fingerprint density at radius 3 is 1.32 bits per heavy atom. The number of benzene rings is 3. The Kier molecular flexibility index (Phi) is 24.1. The molecule has 0 fully saturated rings. The molecule has 0 atom stereocenters. The molecule has 4 heterocycles. The number of rotatable bonds is 7. The maximum Gasteiger partial charge on any atom is 0.330 e. The molecule has 0 unspecified atom stereocenters. The van der Waals surface area contributed by atoms with E-state index >= 15 is 0 Å². The van der Waals surface area contributed by atoms with Crippen molar-refractivity contribution < 1.29 is 76.1 Å². The Hall–Kier alpha value is -5.29. The number of phenols is 1. The van der Waals surface area contributed by atoms with Crippen LogP contribution >= 0.6 is 0 Å². The van der Waals surface area contributed by atoms with Crippen LogP contribution in [0.5, 0.6) is 5.75 Å². The van der Waals surface area contributed by atoms with E-state index in [0.29, 0.717) is 17.0 Å². The molecule has 0 amide bonds. The van der Waals surface area contributed by atoms with E-state index in [2.05, 4.69) is 54.2 Å². The predicted molar refractivity (Wildman–Crippen MR) is 216 cm³/mol. The van der Waals surface area contributed by atoms with Gasteiger partial charge in [0.2, 0.25) is 0 Å². The summed E-state index contributed by atoms with van der Waals surface area (Å²) in [5, 5.41) is 7.94. The zero-order valence-corrected chi connectivity index (χ0v) is 38.7. The maximum absolute atomic E-state index is 10.7. The Morgan fingerprint density at radius 1 is 0.567 bits per heavy atom. The number of pyridine rings is 2. The van der Waals surface area contributed by atoms with E-state index in [9.17, 15) is 21.6 Å². The van der Waals surface area contributed by atoms with Gasteiger partial charge in [0.15, 0.2) is 5.78 Å². The van der Waals surface area contributed by atoms with E-state index in [0.717, 1.165) is 24.2 Å². The number of aromatic hydroxyl groups is 1. The number of ketones is 1. The van der Waals surface area contributed by atoms with Gasteiger partial charge in [-0.3, -0.25) is 23.9 Å². The SMILES string of the molecule is CC(=O)c1ccccc1O.Cc1cc(C)nc(S(=O)(=O)O)n1.O=S(=O)(O)c1ncccn1.[Ir].[Ir].[c-]1ccccc1Cc1ccccn1.[c-]1ccccc1Cc1ccccn1. The minimum atomic E-state index is -4.27. The molecule has 4 aromatic heterocycles. The van der Waals surface area contributed by atoms with E-state index in [1.165, 1.54) is 42.6 Å². The zero-order chi connectivity index (χ0) is 42.4. The third kappa shape index (κ3) is 21.1. The molecular weight excluding hydrogens is 1170 g/mol. The second-order valence-corrected chi connectivity index (χ2v) is 14.4. The first-order valence-corrected chi connectivity index (χ1v) is 20.0. The molecule has 2 radical (unpaired) electrons. The van der Waals surface area contributed by atoms with E-state index < -0.39 is 30.5 Å². The fourth-order valence-corrected chi connectivity index (χ4v) is 5.38. The van der Waals surface area contributed by atoms with E-state index in [1.54, 1.807) is 38.1 Å². The summed E-state index contributed by atoms with van der Waals surface area (Å²) in [6, 6.07) is 43.8. The third-order valence-corrected chi connectivity index (χ3v) is 8.31. The van der Waals surface area contributed by atoms with Crippen LogP contribution in [0.3, 0.4) is 0 Å². The predicted octanol–water partition coefficient (Wildman–Crippen LogP) is 6.60. The van der Waals surface area contributed by atoms with Gasteiger partial charge in [0.25, 0.3) is 10.3 Å². The van der Waals surface area contributed by atoms with Crippen molar-refractivity contribution in [2.75, 3.05) is 0 Å². The minimum absolute atomic E-state index is 0. The first-order valence-electron chi connectivity index (χ1n) is 17.2. The number of hydrogen-bond acceptors (Lipinski definition) is 12. The first kappa shape index (κ1) is 52.7. The molecule has 318 valence electrons. The van der Waals surface area contributed by atoms with Crippen molar-refractivity contribution in [2.24, 2.45) is 0 Å². The van der Waals surface area contributed by atoms with E-state index in [-0.39, 0.29) is 51.7 Å². The van der Waals surface area contributed by atoms with Gasteiger partial charge in [-0.2, -0.15) is 88.6 Å². The number of phenolic OH excluding ortho intramolecular Hbond substituents is 1. The first-order chi connectivity index (χ1) is 27.6. The van der Waals surface area contributed by atoms with Crippen molar-refractivity contribution in [3.05, 3.63) is 198 Å². The van der Waals surface area contributed by atoms with E-state index in [4.69, 9.17) is 14.2 Å². The molecule has 14 nitrogen and oxygen atoms in total. The van der Waals surface area contributed by atoms with Gasteiger partial charge in [-0.25, -0.2) is 19.9 Å². The van der Waals surface area contributed by atoms with Crippen molar-refractivity contribution in [3.8, 4) is 5.75 Å². The number of nitrogens with zero attached hydrogens (tertiary/aromatic N) is 6. The van der Waals surface area contributed by atoms with Crippen molar-refractivity contribution in [3.63, 3.8) is 0 Å². The fraction of sp³-hybridized carbons (Fsp3) is 0.119. The molecule has 0 saturated heterocycles. The van der Waals surface area contributed by atoms with Crippen molar-refractivity contribution in [1.29, 1.82) is 0 Å². The smallest absolute Gasteiger partial charge is 0.330 e. The molecule has 0 saturated carbocycles. The Labute approximate surface area is 376 Å². The fourth-order valence-electron chi connectivity index (χ4n) is 4.48. The van der Waals surface area contributed by atoms with Crippen molar-refractivity contribution >= 4 is 26.0 Å². The average Bonchev–Trinajstić information content (AvgIpc) is 3.20. The molecule has 60 heavy (non-hydrogen) atoms. The molecule has 0 bridgehead atoms. The summed E-state index contributed by atoms with van der Waals surface area (Å²) in [6.07, 6.45) is 7.83. The normalized spacial score (nSPS) is 10.0. The number of aromatic nitrogens is 6. The van der Waals surface area contributed by atoms with Crippen LogP contribution in [0.15, 0.2) is 156 Å². The molecular formula is C42H40Ir2N6O8S2-2. The van der Waals surface area contributed by atoms with Crippen LogP contribution in [0.4, 0.5) is 0 Å². The Balaban J connectivity index is 0.000000374. The van der Waals surface area contributed by atoms with Crippen molar-refractivity contribution in [2.45, 2.75) is 43.9 Å². The topological polar surface area (TPSA) is 223 Å². The van der Waals surface area contributed by atoms with Gasteiger partial charge in [0, 0.05) is 87.8 Å². The molecule has 0 aliphatic carbocycles. The van der Waals surface area contributed by atoms with Gasteiger partial charge in [0.05, 0.1) is 5.56 Å². The van der Waals surface area contributed by atoms with Gasteiger partial charge in [-0.05, 0) is 82.1 Å². The van der Waals surface area contributed by atoms with Gasteiger partial charge in [0.1, 0.15) is 5.75 Å². The minimum Gasteiger partial charge on any atom is -0.507 e. The van der Waals surface area contributed by atoms with Crippen LogP contribution in [-0.4, -0.2) is 66.7 Å². The van der Waals surface area contributed by atoms with Crippen LogP contribution in [-0.2, 0) is 73.3 Å². The van der Waals surface area contributed by atoms with E-state index in [1.807, 2.05) is 85.2 Å². The summed E-state index contributed by atoms with van der Waals surface area (Å²) in [6.45, 7) is 4.68. The molecule has 7 aromatic rings. The quantitative estimate of drug-likeness (QED) is 0.0663. The van der Waals surface area contributed by atoms with Crippen molar-refractivity contribution in [1.82, 2.24) is 29.9 Å². The molecule has 3 aromatic carbocycles. The number of aryl methyl sites for hydroxylation is 2. The van der Waals surface area contributed by atoms with Crippen LogP contribution < -0.4 is 0 Å². The van der Waals surface area contributed by atoms with Gasteiger partial charge >= 0.3 is 20.2 Å². The Bertz CT molecular complexity index is 2340. The zero-order valence-electron chi connectivity index (χ0n) is 32.3. The molecule has 7 rings (SSSR count). The molecule has 18 heteroatoms. The molecule has 0 aliphatic rings. The molecule has 3 N–H and O–H groups in total. The number of Topliss-reactive ketones (excluding diaryl/α,β-unsaturated/α-hetero) is 1. The number of carbonyl (C=O) groups is 1. The standard InChI is InChI=1S/2C12H10N.C8H8O2.C6H8N2O3S.C4H4N2O3S.2Ir/c2*1-2-6-11(7-3-1)10-12-8-4-5-9-13-12;1-6(9)7-4-2-3-5-8(7)10;1-4-3-5(2)8-6(7-4)12(9,10)11;7-10(8,9)4-5-2-1-3-6-4;;/h2*1-6,8-9H,10H2;2-5,10H,1H3;3H,1-2H3,(H,9,10,11);1-3H,(H,7,8,9);;/q2*-1;;;;;. The number of hydrogen-bond donors (Lipinski definition) is 3. The van der Waals surface area contributed by atoms with Gasteiger partial charge in [-0.15, -0.1) is 0 Å². The summed E-state index contributed by atoms with van der Waals surface area (Å²) in [5.74, 6) is -0.0619. The number of carbonyl (C=O) groups excluding carboxylic acids is 1. The van der Waals surface area contributed by atoms with Crippen LogP contribution in [0.1, 0.15) is 51.2 Å². The maximum atomic E-state index is 10.7. The molecule has 0 spiro atoms. The van der Waals surface area contributed by atoms with Gasteiger partial charge < -0.3 is 5.11 Å². The third-order valence-electron chi connectivity index (χ3n) is 6.99. The second kappa shape index (κ2) is 27.5. The summed E-state index contributed by atoms with van der Waals surface area (Å²) in [4.78, 5) is 32.9. The largest absolute Gasteiger partial charge is 0.507 e. The van der Waals surface area contributed by atoms with Crippen LogP contribution in [0, 0.1) is 26.0 Å². The summed E-state index contributed by atoms with van der Waals surface area (Å²) >= 11 is 0. The van der Waals surface area contributed by atoms with Crippen LogP contribution in [0.2, 0.25) is 0 Å². The second-order valence-electron chi connectivity index (χ2n) is 11.8. The summed E-state index contributed by atoms with van der Waals surface area (Å²) in [5.41, 5.74) is 5.94. The summed E-state index contributed by atoms with van der Waals surface area (Å²) in [7, 11) is -8.50. The average molecular weight is 1210 g/mol. The Morgan fingerprint density at radius 2 is 0.983 bits per heavy atom. The monoisotopic (exact) mass is 1210 g/mol.